The second-order valence-electron chi connectivity index (χ2n) is 5.96. The number of piperazine rings is 1. The lowest BCUT2D eigenvalue weighted by atomic mass is 10.1. The number of aromatic nitrogens is 1. The highest BCUT2D eigenvalue weighted by Gasteiger charge is 2.17. The smallest absolute Gasteiger partial charge is 0.160 e. The fourth-order valence-corrected chi connectivity index (χ4v) is 3.06. The van der Waals surface area contributed by atoms with Gasteiger partial charge in [0.05, 0.1) is 14.2 Å². The highest BCUT2D eigenvalue weighted by molar-refractivity contribution is 5.43. The summed E-state index contributed by atoms with van der Waals surface area (Å²) in [5, 5.41) is 0. The van der Waals surface area contributed by atoms with E-state index in [1.165, 1.54) is 5.56 Å². The molecule has 0 saturated carbocycles. The van der Waals surface area contributed by atoms with Crippen molar-refractivity contribution in [3.8, 4) is 11.5 Å². The molecule has 128 valence electrons. The van der Waals surface area contributed by atoms with Crippen molar-refractivity contribution >= 4 is 5.82 Å². The molecule has 1 saturated heterocycles. The summed E-state index contributed by atoms with van der Waals surface area (Å²) in [5.41, 5.74) is 1.28. The van der Waals surface area contributed by atoms with Crippen LogP contribution in [0.3, 0.4) is 0 Å². The van der Waals surface area contributed by atoms with Crippen LogP contribution in [0.15, 0.2) is 42.6 Å². The van der Waals surface area contributed by atoms with Gasteiger partial charge in [0.2, 0.25) is 0 Å². The van der Waals surface area contributed by atoms with Crippen molar-refractivity contribution in [3.63, 3.8) is 0 Å². The Balaban J connectivity index is 1.50. The van der Waals surface area contributed by atoms with E-state index >= 15 is 0 Å². The van der Waals surface area contributed by atoms with Gasteiger partial charge in [-0.3, -0.25) is 4.90 Å². The van der Waals surface area contributed by atoms with E-state index in [1.54, 1.807) is 14.2 Å². The van der Waals surface area contributed by atoms with E-state index in [-0.39, 0.29) is 0 Å². The van der Waals surface area contributed by atoms with Crippen LogP contribution in [0.1, 0.15) is 5.56 Å². The molecule has 1 aliphatic heterocycles. The number of ether oxygens (including phenoxy) is 2. The van der Waals surface area contributed by atoms with Crippen LogP contribution in [0.2, 0.25) is 0 Å². The summed E-state index contributed by atoms with van der Waals surface area (Å²) >= 11 is 0. The highest BCUT2D eigenvalue weighted by Crippen LogP contribution is 2.27. The largest absolute Gasteiger partial charge is 0.493 e. The van der Waals surface area contributed by atoms with Crippen LogP contribution in [0.25, 0.3) is 0 Å². The minimum Gasteiger partial charge on any atom is -0.493 e. The minimum absolute atomic E-state index is 0.783. The lowest BCUT2D eigenvalue weighted by Crippen LogP contribution is -2.47. The van der Waals surface area contributed by atoms with E-state index in [0.717, 1.165) is 56.5 Å². The Hall–Kier alpha value is -2.27. The summed E-state index contributed by atoms with van der Waals surface area (Å²) in [6.07, 6.45) is 2.88. The third kappa shape index (κ3) is 3.97. The number of methoxy groups -OCH3 is 2. The standard InChI is InChI=1S/C19H25N3O2/c1-23-17-7-6-16(15-18(17)24-2)8-10-21-11-13-22(14-12-21)19-5-3-4-9-20-19/h3-7,9,15H,8,10-14H2,1-2H3. The maximum Gasteiger partial charge on any atom is 0.160 e. The second kappa shape index (κ2) is 8.02. The normalized spacial score (nSPS) is 15.3. The van der Waals surface area contributed by atoms with Gasteiger partial charge in [-0.2, -0.15) is 0 Å². The predicted molar refractivity (Wildman–Crippen MR) is 96.1 cm³/mol. The summed E-state index contributed by atoms with van der Waals surface area (Å²) in [5.74, 6) is 2.66. The van der Waals surface area contributed by atoms with E-state index < -0.39 is 0 Å². The molecule has 2 aromatic rings. The molecule has 5 heteroatoms. The Morgan fingerprint density at radius 3 is 2.42 bits per heavy atom. The van der Waals surface area contributed by atoms with Gasteiger partial charge in [0.25, 0.3) is 0 Å². The number of benzene rings is 1. The second-order valence-corrected chi connectivity index (χ2v) is 5.96. The van der Waals surface area contributed by atoms with Crippen molar-refractivity contribution in [1.82, 2.24) is 9.88 Å². The van der Waals surface area contributed by atoms with Crippen LogP contribution in [0, 0.1) is 0 Å². The maximum atomic E-state index is 5.38. The summed E-state index contributed by atoms with van der Waals surface area (Å²) in [6.45, 7) is 5.27. The summed E-state index contributed by atoms with van der Waals surface area (Å²) in [6, 6.07) is 12.3. The number of rotatable bonds is 6. The van der Waals surface area contributed by atoms with Crippen LogP contribution < -0.4 is 14.4 Å². The fraction of sp³-hybridized carbons (Fsp3) is 0.421. The zero-order valence-corrected chi connectivity index (χ0v) is 14.4. The Morgan fingerprint density at radius 1 is 0.958 bits per heavy atom. The predicted octanol–water partition coefficient (Wildman–Crippen LogP) is 2.46. The number of nitrogens with zero attached hydrogens (tertiary/aromatic N) is 3. The molecule has 0 atom stereocenters. The molecule has 0 aliphatic carbocycles. The van der Waals surface area contributed by atoms with Gasteiger partial charge in [-0.05, 0) is 36.2 Å². The number of pyridine rings is 1. The first-order chi connectivity index (χ1) is 11.8. The summed E-state index contributed by atoms with van der Waals surface area (Å²) in [7, 11) is 3.34. The van der Waals surface area contributed by atoms with E-state index in [9.17, 15) is 0 Å². The zero-order valence-electron chi connectivity index (χ0n) is 14.4. The zero-order chi connectivity index (χ0) is 16.8. The molecule has 0 amide bonds. The topological polar surface area (TPSA) is 37.8 Å². The van der Waals surface area contributed by atoms with E-state index in [4.69, 9.17) is 9.47 Å². The molecule has 1 aromatic heterocycles. The van der Waals surface area contributed by atoms with E-state index in [0.29, 0.717) is 0 Å². The fourth-order valence-electron chi connectivity index (χ4n) is 3.06. The number of anilines is 1. The van der Waals surface area contributed by atoms with Gasteiger partial charge in [0.1, 0.15) is 5.82 Å². The van der Waals surface area contributed by atoms with Gasteiger partial charge in [-0.15, -0.1) is 0 Å². The molecule has 1 aromatic carbocycles. The molecular weight excluding hydrogens is 302 g/mol. The van der Waals surface area contributed by atoms with Crippen molar-refractivity contribution in [2.24, 2.45) is 0 Å². The van der Waals surface area contributed by atoms with E-state index in [1.807, 2.05) is 24.4 Å². The maximum absolute atomic E-state index is 5.38. The molecule has 0 unspecified atom stereocenters. The lowest BCUT2D eigenvalue weighted by Gasteiger charge is -2.35. The number of hydrogen-bond acceptors (Lipinski definition) is 5. The molecule has 5 nitrogen and oxygen atoms in total. The van der Waals surface area contributed by atoms with Crippen LogP contribution in [-0.4, -0.2) is 56.8 Å². The van der Waals surface area contributed by atoms with Crippen molar-refractivity contribution in [2.45, 2.75) is 6.42 Å². The molecule has 24 heavy (non-hydrogen) atoms. The van der Waals surface area contributed by atoms with Crippen LogP contribution in [0.4, 0.5) is 5.82 Å². The molecular formula is C19H25N3O2. The monoisotopic (exact) mass is 327 g/mol. The van der Waals surface area contributed by atoms with Crippen molar-refractivity contribution < 1.29 is 9.47 Å². The van der Waals surface area contributed by atoms with E-state index in [2.05, 4.69) is 33.0 Å². The molecule has 2 heterocycles. The molecule has 1 aliphatic rings. The molecule has 0 radical (unpaired) electrons. The third-order valence-corrected chi connectivity index (χ3v) is 4.51. The molecule has 1 fully saturated rings. The molecule has 0 spiro atoms. The van der Waals surface area contributed by atoms with Gasteiger partial charge in [0, 0.05) is 38.9 Å². The first-order valence-corrected chi connectivity index (χ1v) is 8.39. The average molecular weight is 327 g/mol. The Bertz CT molecular complexity index is 640. The lowest BCUT2D eigenvalue weighted by molar-refractivity contribution is 0.260. The van der Waals surface area contributed by atoms with Crippen molar-refractivity contribution in [1.29, 1.82) is 0 Å². The minimum atomic E-state index is 0.783. The molecule has 0 N–H and O–H groups in total. The first kappa shape index (κ1) is 16.6. The van der Waals surface area contributed by atoms with Crippen LogP contribution >= 0.6 is 0 Å². The first-order valence-electron chi connectivity index (χ1n) is 8.39. The Kier molecular flexibility index (Phi) is 5.54. The van der Waals surface area contributed by atoms with Crippen molar-refractivity contribution in [3.05, 3.63) is 48.2 Å². The van der Waals surface area contributed by atoms with Gasteiger partial charge in [-0.25, -0.2) is 4.98 Å². The summed E-state index contributed by atoms with van der Waals surface area (Å²) < 4.78 is 10.7. The van der Waals surface area contributed by atoms with Gasteiger partial charge >= 0.3 is 0 Å². The highest BCUT2D eigenvalue weighted by atomic mass is 16.5. The quantitative estimate of drug-likeness (QED) is 0.815. The summed E-state index contributed by atoms with van der Waals surface area (Å²) in [4.78, 5) is 9.30. The van der Waals surface area contributed by atoms with Crippen LogP contribution in [0.5, 0.6) is 11.5 Å². The van der Waals surface area contributed by atoms with Gasteiger partial charge in [-0.1, -0.05) is 12.1 Å². The average Bonchev–Trinajstić information content (AvgIpc) is 2.67. The SMILES string of the molecule is COc1ccc(CCN2CCN(c3ccccn3)CC2)cc1OC. The van der Waals surface area contributed by atoms with Crippen LogP contribution in [-0.2, 0) is 6.42 Å². The number of hydrogen-bond donors (Lipinski definition) is 0. The Labute approximate surface area is 143 Å². The van der Waals surface area contributed by atoms with Gasteiger partial charge in [0.15, 0.2) is 11.5 Å². The molecule has 0 bridgehead atoms. The molecule has 3 rings (SSSR count). The van der Waals surface area contributed by atoms with Gasteiger partial charge < -0.3 is 14.4 Å². The van der Waals surface area contributed by atoms with Crippen molar-refractivity contribution in [2.75, 3.05) is 51.8 Å². The third-order valence-electron chi connectivity index (χ3n) is 4.51. The Morgan fingerprint density at radius 2 is 1.75 bits per heavy atom.